The van der Waals surface area contributed by atoms with Crippen molar-refractivity contribution in [3.63, 3.8) is 0 Å². The van der Waals surface area contributed by atoms with Crippen molar-refractivity contribution in [1.29, 1.82) is 0 Å². The van der Waals surface area contributed by atoms with Crippen molar-refractivity contribution in [2.24, 2.45) is 0 Å². The number of likely N-dealkylation sites (N-methyl/N-ethyl adjacent to an activating group) is 1. The summed E-state index contributed by atoms with van der Waals surface area (Å²) in [7, 11) is 1.35. The predicted molar refractivity (Wildman–Crippen MR) is 93.2 cm³/mol. The van der Waals surface area contributed by atoms with E-state index in [0.29, 0.717) is 12.1 Å². The van der Waals surface area contributed by atoms with E-state index in [0.717, 1.165) is 17.1 Å². The Morgan fingerprint density at radius 2 is 1.79 bits per heavy atom. The van der Waals surface area contributed by atoms with Crippen LogP contribution < -0.4 is 15.3 Å². The van der Waals surface area contributed by atoms with Gasteiger partial charge in [-0.05, 0) is 43.3 Å². The molecule has 2 aromatic rings. The minimum Gasteiger partial charge on any atom is -0.465 e. The number of hydrazine groups is 1. The fourth-order valence-corrected chi connectivity index (χ4v) is 2.76. The lowest BCUT2D eigenvalue weighted by Crippen LogP contribution is -2.47. The Hall–Kier alpha value is -3.02. The van der Waals surface area contributed by atoms with Gasteiger partial charge < -0.3 is 9.64 Å². The topological polar surface area (TPSA) is 61.9 Å². The third-order valence-corrected chi connectivity index (χ3v) is 3.94. The number of methoxy groups -OCH3 is 1. The van der Waals surface area contributed by atoms with Gasteiger partial charge in [0, 0.05) is 6.54 Å². The van der Waals surface area contributed by atoms with Crippen LogP contribution in [0.5, 0.6) is 0 Å². The molecule has 24 heavy (non-hydrogen) atoms. The molecule has 0 bridgehead atoms. The summed E-state index contributed by atoms with van der Waals surface area (Å²) in [5, 5.41) is 1.82. The van der Waals surface area contributed by atoms with E-state index in [1.54, 1.807) is 29.2 Å². The number of amides is 1. The standard InChI is InChI=1S/C18H19N3O3/c1-3-20-15-6-4-5-7-16(15)21(12-17(20)22)19-14-10-8-13(9-11-14)18(23)24-2/h4-11,19H,3,12H2,1-2H3. The molecular formula is C18H19N3O3. The Morgan fingerprint density at radius 1 is 1.12 bits per heavy atom. The summed E-state index contributed by atoms with van der Waals surface area (Å²) in [5.74, 6) is -0.339. The van der Waals surface area contributed by atoms with E-state index in [-0.39, 0.29) is 18.4 Å². The zero-order chi connectivity index (χ0) is 17.1. The van der Waals surface area contributed by atoms with Gasteiger partial charge in [0.15, 0.2) is 0 Å². The molecule has 1 heterocycles. The number of nitrogens with one attached hydrogen (secondary N) is 1. The minimum atomic E-state index is -0.376. The highest BCUT2D eigenvalue weighted by atomic mass is 16.5. The van der Waals surface area contributed by atoms with Crippen LogP contribution in [0, 0.1) is 0 Å². The first kappa shape index (κ1) is 15.9. The molecule has 3 rings (SSSR count). The van der Waals surface area contributed by atoms with Gasteiger partial charge in [0.05, 0.1) is 29.7 Å². The van der Waals surface area contributed by atoms with Crippen molar-refractivity contribution < 1.29 is 14.3 Å². The monoisotopic (exact) mass is 325 g/mol. The summed E-state index contributed by atoms with van der Waals surface area (Å²) in [6, 6.07) is 14.7. The molecule has 1 N–H and O–H groups in total. The molecule has 0 atom stereocenters. The molecule has 1 amide bonds. The quantitative estimate of drug-likeness (QED) is 0.876. The lowest BCUT2D eigenvalue weighted by Gasteiger charge is -2.37. The van der Waals surface area contributed by atoms with Crippen molar-refractivity contribution >= 4 is 28.9 Å². The molecular weight excluding hydrogens is 306 g/mol. The van der Waals surface area contributed by atoms with E-state index in [9.17, 15) is 9.59 Å². The van der Waals surface area contributed by atoms with E-state index in [1.165, 1.54) is 7.11 Å². The summed E-state index contributed by atoms with van der Waals surface area (Å²) in [4.78, 5) is 25.6. The molecule has 2 aromatic carbocycles. The fraction of sp³-hybridized carbons (Fsp3) is 0.222. The Bertz CT molecular complexity index is 758. The number of fused-ring (bicyclic) bond motifs is 1. The lowest BCUT2D eigenvalue weighted by molar-refractivity contribution is -0.117. The van der Waals surface area contributed by atoms with Crippen molar-refractivity contribution in [3.8, 4) is 0 Å². The molecule has 0 saturated heterocycles. The van der Waals surface area contributed by atoms with Crippen LogP contribution >= 0.6 is 0 Å². The number of benzene rings is 2. The summed E-state index contributed by atoms with van der Waals surface area (Å²) >= 11 is 0. The van der Waals surface area contributed by atoms with Crippen LogP contribution in [-0.2, 0) is 9.53 Å². The van der Waals surface area contributed by atoms with Gasteiger partial charge >= 0.3 is 5.97 Å². The maximum Gasteiger partial charge on any atom is 0.337 e. The summed E-state index contributed by atoms with van der Waals surface area (Å²) in [6.07, 6.45) is 0. The van der Waals surface area contributed by atoms with Gasteiger partial charge in [-0.1, -0.05) is 12.1 Å². The third-order valence-electron chi connectivity index (χ3n) is 3.94. The second kappa shape index (κ2) is 6.62. The van der Waals surface area contributed by atoms with Crippen LogP contribution in [0.25, 0.3) is 0 Å². The number of carbonyl (C=O) groups is 2. The third kappa shape index (κ3) is 2.90. The highest BCUT2D eigenvalue weighted by Crippen LogP contribution is 2.33. The van der Waals surface area contributed by atoms with E-state index in [4.69, 9.17) is 4.74 Å². The highest BCUT2D eigenvalue weighted by Gasteiger charge is 2.28. The van der Waals surface area contributed by atoms with Crippen LogP contribution in [0.2, 0.25) is 0 Å². The molecule has 0 aromatic heterocycles. The van der Waals surface area contributed by atoms with E-state index in [1.807, 2.05) is 36.2 Å². The number of hydrogen-bond acceptors (Lipinski definition) is 5. The molecule has 124 valence electrons. The maximum absolute atomic E-state index is 12.4. The van der Waals surface area contributed by atoms with Crippen molar-refractivity contribution in [2.75, 3.05) is 35.5 Å². The second-order valence-corrected chi connectivity index (χ2v) is 5.39. The first-order valence-electron chi connectivity index (χ1n) is 7.76. The number of ether oxygens (including phenoxy) is 1. The molecule has 0 saturated carbocycles. The SMILES string of the molecule is CCN1C(=O)CN(Nc2ccc(C(=O)OC)cc2)c2ccccc21. The van der Waals surface area contributed by atoms with E-state index >= 15 is 0 Å². The molecule has 1 aliphatic rings. The zero-order valence-electron chi connectivity index (χ0n) is 13.7. The molecule has 1 aliphatic heterocycles. The number of nitrogens with zero attached hydrogens (tertiary/aromatic N) is 2. The van der Waals surface area contributed by atoms with Gasteiger partial charge in [0.1, 0.15) is 6.54 Å². The number of esters is 1. The number of hydrogen-bond donors (Lipinski definition) is 1. The molecule has 0 fully saturated rings. The Balaban J connectivity index is 1.85. The van der Waals surface area contributed by atoms with Gasteiger partial charge in [-0.15, -0.1) is 0 Å². The van der Waals surface area contributed by atoms with Crippen molar-refractivity contribution in [3.05, 3.63) is 54.1 Å². The smallest absolute Gasteiger partial charge is 0.337 e. The van der Waals surface area contributed by atoms with E-state index in [2.05, 4.69) is 5.43 Å². The first-order valence-corrected chi connectivity index (χ1v) is 7.76. The van der Waals surface area contributed by atoms with Crippen LogP contribution in [0.4, 0.5) is 17.1 Å². The van der Waals surface area contributed by atoms with Crippen LogP contribution in [0.1, 0.15) is 17.3 Å². The van der Waals surface area contributed by atoms with Gasteiger partial charge in [-0.2, -0.15) is 0 Å². The Kier molecular flexibility index (Phi) is 4.37. The largest absolute Gasteiger partial charge is 0.465 e. The van der Waals surface area contributed by atoms with Gasteiger partial charge in [-0.25, -0.2) is 4.79 Å². The molecule has 6 nitrogen and oxygen atoms in total. The van der Waals surface area contributed by atoms with E-state index < -0.39 is 0 Å². The summed E-state index contributed by atoms with van der Waals surface area (Å²) in [5.41, 5.74) is 6.32. The van der Waals surface area contributed by atoms with Gasteiger partial charge in [-0.3, -0.25) is 15.2 Å². The predicted octanol–water partition coefficient (Wildman–Crippen LogP) is 2.67. The second-order valence-electron chi connectivity index (χ2n) is 5.39. The average Bonchev–Trinajstić information content (AvgIpc) is 2.62. The summed E-state index contributed by atoms with van der Waals surface area (Å²) in [6.45, 7) is 2.84. The van der Waals surface area contributed by atoms with Crippen molar-refractivity contribution in [2.45, 2.75) is 6.92 Å². The molecule has 0 radical (unpaired) electrons. The fourth-order valence-electron chi connectivity index (χ4n) is 2.76. The Labute approximate surface area is 140 Å². The molecule has 0 spiro atoms. The normalized spacial score (nSPS) is 13.5. The van der Waals surface area contributed by atoms with Crippen LogP contribution in [0.15, 0.2) is 48.5 Å². The minimum absolute atomic E-state index is 0.0369. The summed E-state index contributed by atoms with van der Waals surface area (Å²) < 4.78 is 4.69. The Morgan fingerprint density at radius 3 is 2.42 bits per heavy atom. The number of para-hydroxylation sites is 2. The molecule has 0 aliphatic carbocycles. The molecule has 6 heteroatoms. The van der Waals surface area contributed by atoms with Crippen LogP contribution in [0.3, 0.4) is 0 Å². The first-order chi connectivity index (χ1) is 11.6. The highest BCUT2D eigenvalue weighted by molar-refractivity contribution is 6.03. The molecule has 0 unspecified atom stereocenters. The number of rotatable bonds is 4. The maximum atomic E-state index is 12.4. The van der Waals surface area contributed by atoms with Gasteiger partial charge in [0.25, 0.3) is 0 Å². The lowest BCUT2D eigenvalue weighted by atomic mass is 10.2. The van der Waals surface area contributed by atoms with Gasteiger partial charge in [0.2, 0.25) is 5.91 Å². The number of carbonyl (C=O) groups excluding carboxylic acids is 2. The van der Waals surface area contributed by atoms with Crippen molar-refractivity contribution in [1.82, 2.24) is 0 Å². The zero-order valence-corrected chi connectivity index (χ0v) is 13.7. The average molecular weight is 325 g/mol. The van der Waals surface area contributed by atoms with Crippen LogP contribution in [-0.4, -0.2) is 32.1 Å². The number of anilines is 3.